The highest BCUT2D eigenvalue weighted by Crippen LogP contribution is 2.39. The van der Waals surface area contributed by atoms with Crippen LogP contribution in [0, 0.1) is 0 Å². The average molecular weight is 302 g/mol. The minimum atomic E-state index is 0.229. The first-order valence-electron chi connectivity index (χ1n) is 7.91. The first kappa shape index (κ1) is 14.6. The van der Waals surface area contributed by atoms with Crippen LogP contribution in [0.4, 0.5) is 0 Å². The van der Waals surface area contributed by atoms with Crippen LogP contribution in [0.2, 0.25) is 0 Å². The van der Waals surface area contributed by atoms with Crippen molar-refractivity contribution in [2.75, 3.05) is 23.9 Å². The molecule has 0 radical (unpaired) electrons. The maximum atomic E-state index is 6.13. The van der Waals surface area contributed by atoms with E-state index in [4.69, 9.17) is 4.74 Å². The lowest BCUT2D eigenvalue weighted by Gasteiger charge is -2.39. The maximum absolute atomic E-state index is 6.13. The largest absolute Gasteiger partial charge is 0.374 e. The van der Waals surface area contributed by atoms with Gasteiger partial charge in [0.15, 0.2) is 0 Å². The van der Waals surface area contributed by atoms with Gasteiger partial charge in [0.25, 0.3) is 0 Å². The maximum Gasteiger partial charge on any atom is 0.0795 e. The van der Waals surface area contributed by atoms with Gasteiger partial charge in [-0.05, 0) is 43.6 Å². The lowest BCUT2D eigenvalue weighted by molar-refractivity contribution is -0.0712. The van der Waals surface area contributed by atoms with E-state index in [1.165, 1.54) is 55.8 Å². The Hall–Kier alpha value is 0.620. The molecule has 0 bridgehead atoms. The van der Waals surface area contributed by atoms with Crippen molar-refractivity contribution in [3.63, 3.8) is 0 Å². The van der Waals surface area contributed by atoms with Crippen LogP contribution < -0.4 is 5.32 Å². The van der Waals surface area contributed by atoms with E-state index in [1.807, 2.05) is 0 Å². The van der Waals surface area contributed by atoms with Gasteiger partial charge in [-0.25, -0.2) is 0 Å². The third-order valence-corrected chi connectivity index (χ3v) is 7.39. The molecule has 1 spiro atoms. The van der Waals surface area contributed by atoms with Crippen molar-refractivity contribution in [3.05, 3.63) is 0 Å². The molecule has 3 fully saturated rings. The van der Waals surface area contributed by atoms with Crippen molar-refractivity contribution in [1.82, 2.24) is 5.32 Å². The van der Waals surface area contributed by atoms with Crippen molar-refractivity contribution >= 4 is 23.5 Å². The minimum Gasteiger partial charge on any atom is -0.374 e. The Morgan fingerprint density at radius 1 is 1.37 bits per heavy atom. The molecular formula is C15H27NOS2. The summed E-state index contributed by atoms with van der Waals surface area (Å²) in [6, 6.07) is 1.47. The Balaban J connectivity index is 1.54. The number of nitrogens with one attached hydrogen (secondary N) is 1. The molecule has 2 saturated heterocycles. The van der Waals surface area contributed by atoms with Gasteiger partial charge >= 0.3 is 0 Å². The van der Waals surface area contributed by atoms with Gasteiger partial charge in [0.2, 0.25) is 0 Å². The van der Waals surface area contributed by atoms with Crippen molar-refractivity contribution in [1.29, 1.82) is 0 Å². The van der Waals surface area contributed by atoms with E-state index < -0.39 is 0 Å². The molecule has 1 aliphatic carbocycles. The van der Waals surface area contributed by atoms with E-state index in [0.717, 1.165) is 17.9 Å². The number of hydrogen-bond donors (Lipinski definition) is 1. The van der Waals surface area contributed by atoms with Gasteiger partial charge in [0.1, 0.15) is 0 Å². The van der Waals surface area contributed by atoms with E-state index in [0.29, 0.717) is 6.04 Å². The van der Waals surface area contributed by atoms with Gasteiger partial charge in [0.05, 0.1) is 5.60 Å². The molecule has 2 heterocycles. The Kier molecular flexibility index (Phi) is 5.05. The second-order valence-corrected chi connectivity index (χ2v) is 8.84. The SMILES string of the molecule is CCSC1CCCC1NC1CCOC2(CCSC2)C1. The molecular weight excluding hydrogens is 274 g/mol. The highest BCUT2D eigenvalue weighted by Gasteiger charge is 2.41. The Morgan fingerprint density at radius 2 is 2.32 bits per heavy atom. The van der Waals surface area contributed by atoms with Gasteiger partial charge in [0, 0.05) is 29.7 Å². The monoisotopic (exact) mass is 301 g/mol. The molecule has 1 saturated carbocycles. The van der Waals surface area contributed by atoms with Crippen LogP contribution >= 0.6 is 23.5 Å². The van der Waals surface area contributed by atoms with Crippen LogP contribution in [0.25, 0.3) is 0 Å². The first-order chi connectivity index (χ1) is 9.31. The van der Waals surface area contributed by atoms with E-state index in [9.17, 15) is 0 Å². The summed E-state index contributed by atoms with van der Waals surface area (Å²) in [6.45, 7) is 3.26. The van der Waals surface area contributed by atoms with Crippen LogP contribution in [0.1, 0.15) is 45.4 Å². The van der Waals surface area contributed by atoms with Crippen molar-refractivity contribution in [2.45, 2.75) is 68.4 Å². The van der Waals surface area contributed by atoms with Crippen molar-refractivity contribution in [2.24, 2.45) is 0 Å². The molecule has 3 rings (SSSR count). The Morgan fingerprint density at radius 3 is 3.11 bits per heavy atom. The van der Waals surface area contributed by atoms with Crippen molar-refractivity contribution < 1.29 is 4.74 Å². The first-order valence-corrected chi connectivity index (χ1v) is 10.1. The molecule has 4 atom stereocenters. The number of hydrogen-bond acceptors (Lipinski definition) is 4. The summed E-state index contributed by atoms with van der Waals surface area (Å²) in [6.07, 6.45) is 7.96. The molecule has 1 N–H and O–H groups in total. The Labute approximate surface area is 126 Å². The second-order valence-electron chi connectivity index (χ2n) is 6.22. The van der Waals surface area contributed by atoms with Gasteiger partial charge in [-0.3, -0.25) is 0 Å². The standard InChI is InChI=1S/C15H27NOS2/c1-2-19-14-5-3-4-13(14)16-12-6-8-17-15(10-12)7-9-18-11-15/h12-14,16H,2-11H2,1H3. The normalized spacial score (nSPS) is 43.1. The summed E-state index contributed by atoms with van der Waals surface area (Å²) in [5.74, 6) is 3.78. The summed E-state index contributed by atoms with van der Waals surface area (Å²) in [5, 5.41) is 4.86. The number of thioether (sulfide) groups is 2. The zero-order valence-electron chi connectivity index (χ0n) is 12.0. The van der Waals surface area contributed by atoms with Crippen LogP contribution in [-0.2, 0) is 4.74 Å². The van der Waals surface area contributed by atoms with E-state index in [2.05, 4.69) is 35.8 Å². The molecule has 0 amide bonds. The Bertz CT molecular complexity index is 294. The van der Waals surface area contributed by atoms with Crippen LogP contribution in [-0.4, -0.2) is 46.8 Å². The van der Waals surface area contributed by atoms with Crippen molar-refractivity contribution in [3.8, 4) is 0 Å². The molecule has 0 aromatic carbocycles. The fraction of sp³-hybridized carbons (Fsp3) is 1.00. The minimum absolute atomic E-state index is 0.229. The van der Waals surface area contributed by atoms with E-state index in [-0.39, 0.29) is 5.60 Å². The molecule has 4 unspecified atom stereocenters. The second kappa shape index (κ2) is 6.59. The highest BCUT2D eigenvalue weighted by molar-refractivity contribution is 8.00. The van der Waals surface area contributed by atoms with Gasteiger partial charge in [-0.2, -0.15) is 23.5 Å². The average Bonchev–Trinajstić information content (AvgIpc) is 3.01. The molecule has 19 heavy (non-hydrogen) atoms. The molecule has 0 aromatic rings. The predicted octanol–water partition coefficient (Wildman–Crippen LogP) is 3.30. The smallest absolute Gasteiger partial charge is 0.0795 e. The fourth-order valence-electron chi connectivity index (χ4n) is 3.87. The van der Waals surface area contributed by atoms with Crippen LogP contribution in [0.5, 0.6) is 0 Å². The van der Waals surface area contributed by atoms with Gasteiger partial charge < -0.3 is 10.1 Å². The van der Waals surface area contributed by atoms with E-state index in [1.54, 1.807) is 0 Å². The van der Waals surface area contributed by atoms with Crippen LogP contribution in [0.15, 0.2) is 0 Å². The van der Waals surface area contributed by atoms with Crippen LogP contribution in [0.3, 0.4) is 0 Å². The predicted molar refractivity (Wildman–Crippen MR) is 86.3 cm³/mol. The zero-order chi connectivity index (χ0) is 13.1. The number of rotatable bonds is 4. The molecule has 2 aliphatic heterocycles. The third-order valence-electron chi connectivity index (χ3n) is 4.84. The lowest BCUT2D eigenvalue weighted by atomic mass is 9.89. The van der Waals surface area contributed by atoms with Gasteiger partial charge in [-0.15, -0.1) is 0 Å². The third kappa shape index (κ3) is 3.45. The molecule has 2 nitrogen and oxygen atoms in total. The van der Waals surface area contributed by atoms with Gasteiger partial charge in [-0.1, -0.05) is 13.3 Å². The number of ether oxygens (including phenoxy) is 1. The summed E-state index contributed by atoms with van der Waals surface area (Å²) >= 11 is 4.24. The quantitative estimate of drug-likeness (QED) is 0.859. The summed E-state index contributed by atoms with van der Waals surface area (Å²) in [4.78, 5) is 0. The van der Waals surface area contributed by atoms with E-state index >= 15 is 0 Å². The molecule has 3 aliphatic rings. The fourth-order valence-corrected chi connectivity index (χ4v) is 6.45. The molecule has 0 aromatic heterocycles. The molecule has 4 heteroatoms. The zero-order valence-corrected chi connectivity index (χ0v) is 13.7. The highest BCUT2D eigenvalue weighted by atomic mass is 32.2. The topological polar surface area (TPSA) is 21.3 Å². The summed E-state index contributed by atoms with van der Waals surface area (Å²) < 4.78 is 6.13. The lowest BCUT2D eigenvalue weighted by Crippen LogP contribution is -2.51. The summed E-state index contributed by atoms with van der Waals surface area (Å²) in [7, 11) is 0. The molecule has 110 valence electrons. The summed E-state index contributed by atoms with van der Waals surface area (Å²) in [5.41, 5.74) is 0.229.